The summed E-state index contributed by atoms with van der Waals surface area (Å²) in [6, 6.07) is 0. The minimum atomic E-state index is 0.495. The molecule has 4 nitrogen and oxygen atoms in total. The third kappa shape index (κ3) is 2.80. The van der Waals surface area contributed by atoms with Gasteiger partial charge in [-0.15, -0.1) is 0 Å². The van der Waals surface area contributed by atoms with E-state index < -0.39 is 0 Å². The Morgan fingerprint density at radius 3 is 3.00 bits per heavy atom. The molecule has 17 heavy (non-hydrogen) atoms. The van der Waals surface area contributed by atoms with E-state index >= 15 is 0 Å². The summed E-state index contributed by atoms with van der Waals surface area (Å²) in [7, 11) is 1.86. The van der Waals surface area contributed by atoms with E-state index in [2.05, 4.69) is 27.1 Å². The van der Waals surface area contributed by atoms with Crippen molar-refractivity contribution >= 4 is 23.1 Å². The number of anilines is 2. The van der Waals surface area contributed by atoms with Crippen LogP contribution in [0.1, 0.15) is 26.2 Å². The van der Waals surface area contributed by atoms with Crippen molar-refractivity contribution in [1.82, 2.24) is 9.97 Å². The van der Waals surface area contributed by atoms with Gasteiger partial charge in [0, 0.05) is 20.1 Å². The summed E-state index contributed by atoms with van der Waals surface area (Å²) in [5, 5.41) is 3.59. The Labute approximate surface area is 107 Å². The first-order valence-corrected chi connectivity index (χ1v) is 6.53. The van der Waals surface area contributed by atoms with E-state index in [-0.39, 0.29) is 0 Å². The lowest BCUT2D eigenvalue weighted by atomic mass is 10.1. The molecule has 1 unspecified atom stereocenters. The molecule has 2 rings (SSSR count). The van der Waals surface area contributed by atoms with Gasteiger partial charge in [0.25, 0.3) is 0 Å². The van der Waals surface area contributed by atoms with Crippen LogP contribution in [0.2, 0.25) is 5.15 Å². The van der Waals surface area contributed by atoms with Crippen LogP contribution in [0.15, 0.2) is 6.33 Å². The molecule has 1 aromatic rings. The molecule has 94 valence electrons. The van der Waals surface area contributed by atoms with E-state index in [1.807, 2.05) is 7.05 Å². The fraction of sp³-hybridized carbons (Fsp3) is 0.667. The molecular weight excluding hydrogens is 236 g/mol. The van der Waals surface area contributed by atoms with Crippen molar-refractivity contribution in [1.29, 1.82) is 0 Å². The maximum Gasteiger partial charge on any atom is 0.157 e. The summed E-state index contributed by atoms with van der Waals surface area (Å²) in [4.78, 5) is 10.7. The molecule has 0 aromatic carbocycles. The van der Waals surface area contributed by atoms with Gasteiger partial charge < -0.3 is 10.2 Å². The smallest absolute Gasteiger partial charge is 0.157 e. The van der Waals surface area contributed by atoms with Crippen LogP contribution in [-0.4, -0.2) is 30.1 Å². The molecule has 1 atom stereocenters. The minimum Gasteiger partial charge on any atom is -0.383 e. The molecule has 0 saturated carbocycles. The Bertz CT molecular complexity index is 383. The van der Waals surface area contributed by atoms with Gasteiger partial charge >= 0.3 is 0 Å². The number of rotatable bonds is 2. The Balaban J connectivity index is 2.28. The number of hydrogen-bond donors (Lipinski definition) is 1. The molecule has 0 bridgehead atoms. The van der Waals surface area contributed by atoms with Gasteiger partial charge in [0.15, 0.2) is 11.0 Å². The third-order valence-electron chi connectivity index (χ3n) is 3.24. The van der Waals surface area contributed by atoms with Gasteiger partial charge in [0.1, 0.15) is 12.0 Å². The Morgan fingerprint density at radius 1 is 1.41 bits per heavy atom. The van der Waals surface area contributed by atoms with Crippen LogP contribution in [0.5, 0.6) is 0 Å². The number of hydrogen-bond acceptors (Lipinski definition) is 4. The standard InChI is InChI=1S/C12H19ClN4/c1-9-5-3-4-6-17(7-9)12-10(14-2)11(13)15-8-16-12/h8-9,14H,3-7H2,1-2H3. The highest BCUT2D eigenvalue weighted by atomic mass is 35.5. The lowest BCUT2D eigenvalue weighted by Crippen LogP contribution is -2.29. The lowest BCUT2D eigenvalue weighted by molar-refractivity contribution is 0.544. The molecule has 5 heteroatoms. The zero-order chi connectivity index (χ0) is 12.3. The SMILES string of the molecule is CNc1c(Cl)ncnc1N1CCCCC(C)C1. The summed E-state index contributed by atoms with van der Waals surface area (Å²) in [5.41, 5.74) is 0.836. The second kappa shape index (κ2) is 5.54. The van der Waals surface area contributed by atoms with Gasteiger partial charge in [0.05, 0.1) is 0 Å². The average molecular weight is 255 g/mol. The van der Waals surface area contributed by atoms with Gasteiger partial charge in [-0.1, -0.05) is 24.9 Å². The summed E-state index contributed by atoms with van der Waals surface area (Å²) in [6.07, 6.45) is 5.35. The molecule has 1 aliphatic heterocycles. The Morgan fingerprint density at radius 2 is 2.24 bits per heavy atom. The quantitative estimate of drug-likeness (QED) is 0.824. The van der Waals surface area contributed by atoms with Crippen molar-refractivity contribution in [3.63, 3.8) is 0 Å². The Kier molecular flexibility index (Phi) is 4.05. The first-order chi connectivity index (χ1) is 8.22. The van der Waals surface area contributed by atoms with Crippen LogP contribution < -0.4 is 10.2 Å². The van der Waals surface area contributed by atoms with Crippen LogP contribution in [0.25, 0.3) is 0 Å². The van der Waals surface area contributed by atoms with Crippen molar-refractivity contribution in [2.45, 2.75) is 26.2 Å². The number of nitrogens with zero attached hydrogens (tertiary/aromatic N) is 3. The first-order valence-electron chi connectivity index (χ1n) is 6.15. The highest BCUT2D eigenvalue weighted by Crippen LogP contribution is 2.30. The van der Waals surface area contributed by atoms with Gasteiger partial charge in [-0.25, -0.2) is 9.97 Å². The van der Waals surface area contributed by atoms with Gasteiger partial charge in [-0.05, 0) is 18.8 Å². The van der Waals surface area contributed by atoms with E-state index in [0.717, 1.165) is 24.6 Å². The van der Waals surface area contributed by atoms with E-state index in [1.54, 1.807) is 0 Å². The molecule has 1 aliphatic rings. The lowest BCUT2D eigenvalue weighted by Gasteiger charge is -2.25. The zero-order valence-electron chi connectivity index (χ0n) is 10.4. The van der Waals surface area contributed by atoms with Crippen molar-refractivity contribution < 1.29 is 0 Å². The van der Waals surface area contributed by atoms with Crippen LogP contribution in [0.3, 0.4) is 0 Å². The number of nitrogens with one attached hydrogen (secondary N) is 1. The Hall–Kier alpha value is -1.03. The summed E-state index contributed by atoms with van der Waals surface area (Å²) >= 11 is 6.09. The van der Waals surface area contributed by atoms with E-state index in [9.17, 15) is 0 Å². The van der Waals surface area contributed by atoms with Gasteiger partial charge in [0.2, 0.25) is 0 Å². The van der Waals surface area contributed by atoms with E-state index in [1.165, 1.54) is 25.6 Å². The number of halogens is 1. The normalized spacial score (nSPS) is 21.1. The number of aromatic nitrogens is 2. The molecule has 2 heterocycles. The molecule has 1 fully saturated rings. The summed E-state index contributed by atoms with van der Waals surface area (Å²) in [6.45, 7) is 4.38. The van der Waals surface area contributed by atoms with Crippen molar-refractivity contribution in [3.8, 4) is 0 Å². The van der Waals surface area contributed by atoms with Gasteiger partial charge in [-0.3, -0.25) is 0 Å². The zero-order valence-corrected chi connectivity index (χ0v) is 11.2. The molecule has 0 amide bonds. The monoisotopic (exact) mass is 254 g/mol. The highest BCUT2D eigenvalue weighted by molar-refractivity contribution is 6.32. The van der Waals surface area contributed by atoms with Crippen LogP contribution >= 0.6 is 11.6 Å². The van der Waals surface area contributed by atoms with Crippen LogP contribution in [-0.2, 0) is 0 Å². The fourth-order valence-corrected chi connectivity index (χ4v) is 2.58. The van der Waals surface area contributed by atoms with Crippen LogP contribution in [0, 0.1) is 5.92 Å². The molecule has 1 saturated heterocycles. The highest BCUT2D eigenvalue weighted by Gasteiger charge is 2.19. The largest absolute Gasteiger partial charge is 0.383 e. The summed E-state index contributed by atoms with van der Waals surface area (Å²) < 4.78 is 0. The predicted octanol–water partition coefficient (Wildman–Crippen LogP) is 2.80. The molecule has 0 aliphatic carbocycles. The van der Waals surface area contributed by atoms with Crippen molar-refractivity contribution in [2.75, 3.05) is 30.4 Å². The molecule has 0 spiro atoms. The van der Waals surface area contributed by atoms with E-state index in [4.69, 9.17) is 11.6 Å². The molecular formula is C12H19ClN4. The second-order valence-corrected chi connectivity index (χ2v) is 5.02. The average Bonchev–Trinajstić information content (AvgIpc) is 2.53. The fourth-order valence-electron chi connectivity index (χ4n) is 2.36. The van der Waals surface area contributed by atoms with Crippen molar-refractivity contribution in [2.24, 2.45) is 5.92 Å². The first kappa shape index (κ1) is 12.4. The third-order valence-corrected chi connectivity index (χ3v) is 3.52. The van der Waals surface area contributed by atoms with E-state index in [0.29, 0.717) is 11.1 Å². The minimum absolute atomic E-state index is 0.495. The molecule has 1 aromatic heterocycles. The maximum atomic E-state index is 6.09. The maximum absolute atomic E-state index is 6.09. The second-order valence-electron chi connectivity index (χ2n) is 4.66. The van der Waals surface area contributed by atoms with Crippen molar-refractivity contribution in [3.05, 3.63) is 11.5 Å². The summed E-state index contributed by atoms with van der Waals surface area (Å²) in [5.74, 6) is 1.64. The predicted molar refractivity (Wildman–Crippen MR) is 71.8 cm³/mol. The molecule has 1 N–H and O–H groups in total. The van der Waals surface area contributed by atoms with Gasteiger partial charge in [-0.2, -0.15) is 0 Å². The molecule has 0 radical (unpaired) electrons. The topological polar surface area (TPSA) is 41.1 Å². The van der Waals surface area contributed by atoms with Crippen LogP contribution in [0.4, 0.5) is 11.5 Å².